The molecule has 2 aromatic rings. The quantitative estimate of drug-likeness (QED) is 0.841. The molecule has 7 heteroatoms. The number of hydrogen-bond donors (Lipinski definition) is 1. The number of rotatable bonds is 5. The van der Waals surface area contributed by atoms with Crippen molar-refractivity contribution in [2.45, 2.75) is 0 Å². The normalized spacial score (nSPS) is 10.2. The summed E-state index contributed by atoms with van der Waals surface area (Å²) < 4.78 is 11.9. The van der Waals surface area contributed by atoms with Gasteiger partial charge in [-0.1, -0.05) is 0 Å². The summed E-state index contributed by atoms with van der Waals surface area (Å²) in [5.41, 5.74) is 1.33. The summed E-state index contributed by atoms with van der Waals surface area (Å²) in [7, 11) is 4.54. The Balaban J connectivity index is 2.72. The first-order chi connectivity index (χ1) is 10.0. The van der Waals surface area contributed by atoms with E-state index in [9.17, 15) is 9.59 Å². The van der Waals surface area contributed by atoms with Crippen LogP contribution in [-0.4, -0.2) is 41.4 Å². The highest BCUT2D eigenvalue weighted by Gasteiger charge is 2.19. The summed E-state index contributed by atoms with van der Waals surface area (Å²) in [6, 6.07) is 4.55. The second-order valence-electron chi connectivity index (χ2n) is 4.27. The van der Waals surface area contributed by atoms with Crippen LogP contribution in [0.3, 0.4) is 0 Å². The molecule has 0 bridgehead atoms. The summed E-state index contributed by atoms with van der Waals surface area (Å²) in [4.78, 5) is 22.1. The second kappa shape index (κ2) is 5.66. The van der Waals surface area contributed by atoms with Gasteiger partial charge in [0, 0.05) is 18.2 Å². The summed E-state index contributed by atoms with van der Waals surface area (Å²) in [5, 5.41) is 12.9. The molecule has 0 amide bonds. The van der Waals surface area contributed by atoms with Crippen LogP contribution in [0.4, 0.5) is 0 Å². The lowest BCUT2D eigenvalue weighted by atomic mass is 10.1. The van der Waals surface area contributed by atoms with Crippen LogP contribution in [0.15, 0.2) is 18.2 Å². The van der Waals surface area contributed by atoms with Gasteiger partial charge in [0.15, 0.2) is 17.2 Å². The zero-order valence-electron chi connectivity index (χ0n) is 11.8. The fourth-order valence-electron chi connectivity index (χ4n) is 2.07. The number of carboxylic acid groups (broad SMARTS) is 1. The van der Waals surface area contributed by atoms with E-state index in [4.69, 9.17) is 14.6 Å². The number of aromatic carboxylic acids is 1. The Labute approximate surface area is 120 Å². The first kappa shape index (κ1) is 14.6. The van der Waals surface area contributed by atoms with E-state index in [0.29, 0.717) is 34.6 Å². The third kappa shape index (κ3) is 2.58. The molecule has 1 aromatic carbocycles. The molecule has 7 nitrogen and oxygen atoms in total. The van der Waals surface area contributed by atoms with Crippen LogP contribution >= 0.6 is 0 Å². The molecule has 0 aliphatic carbocycles. The largest absolute Gasteiger partial charge is 0.493 e. The lowest BCUT2D eigenvalue weighted by molar-refractivity contribution is 0.0689. The number of aromatic nitrogens is 2. The molecule has 0 aliphatic rings. The maximum Gasteiger partial charge on any atom is 0.356 e. The number of ether oxygens (including phenoxy) is 2. The predicted molar refractivity (Wildman–Crippen MR) is 74.1 cm³/mol. The Kier molecular flexibility index (Phi) is 3.93. The van der Waals surface area contributed by atoms with Crippen LogP contribution in [0, 0.1) is 0 Å². The van der Waals surface area contributed by atoms with Crippen LogP contribution in [0.1, 0.15) is 20.8 Å². The van der Waals surface area contributed by atoms with Crippen molar-refractivity contribution in [1.29, 1.82) is 0 Å². The number of benzene rings is 1. The number of carbonyl (C=O) groups is 2. The van der Waals surface area contributed by atoms with E-state index in [1.165, 1.54) is 25.0 Å². The van der Waals surface area contributed by atoms with Crippen molar-refractivity contribution in [3.63, 3.8) is 0 Å². The molecule has 2 rings (SSSR count). The molecule has 0 radical (unpaired) electrons. The highest BCUT2D eigenvalue weighted by Crippen LogP contribution is 2.39. The van der Waals surface area contributed by atoms with Crippen LogP contribution in [0.2, 0.25) is 0 Å². The van der Waals surface area contributed by atoms with Gasteiger partial charge in [-0.2, -0.15) is 5.10 Å². The van der Waals surface area contributed by atoms with E-state index in [1.54, 1.807) is 19.2 Å². The monoisotopic (exact) mass is 290 g/mol. The van der Waals surface area contributed by atoms with Crippen molar-refractivity contribution in [2.75, 3.05) is 14.2 Å². The standard InChI is InChI=1S/C14H14N2O5/c1-16-11(6-10(15-16)14(18)19)9-4-8(7-17)5-12(20-2)13(9)21-3/h4-7H,1-3H3,(H,18,19). The lowest BCUT2D eigenvalue weighted by Crippen LogP contribution is -2.00. The smallest absolute Gasteiger partial charge is 0.356 e. The van der Waals surface area contributed by atoms with Gasteiger partial charge in [-0.25, -0.2) is 4.79 Å². The average Bonchev–Trinajstić information content (AvgIpc) is 2.87. The number of nitrogens with zero attached hydrogens (tertiary/aromatic N) is 2. The van der Waals surface area contributed by atoms with E-state index in [-0.39, 0.29) is 5.69 Å². The molecular weight excluding hydrogens is 276 g/mol. The molecule has 0 fully saturated rings. The molecular formula is C14H14N2O5. The Morgan fingerprint density at radius 1 is 1.29 bits per heavy atom. The predicted octanol–water partition coefficient (Wildman–Crippen LogP) is 1.61. The van der Waals surface area contributed by atoms with Crippen LogP contribution in [-0.2, 0) is 7.05 Å². The van der Waals surface area contributed by atoms with E-state index >= 15 is 0 Å². The number of carbonyl (C=O) groups excluding carboxylic acids is 1. The molecule has 1 heterocycles. The minimum Gasteiger partial charge on any atom is -0.493 e. The Hall–Kier alpha value is -2.83. The van der Waals surface area contributed by atoms with Crippen molar-refractivity contribution < 1.29 is 24.2 Å². The minimum atomic E-state index is -1.13. The van der Waals surface area contributed by atoms with Gasteiger partial charge in [0.25, 0.3) is 0 Å². The summed E-state index contributed by atoms with van der Waals surface area (Å²) >= 11 is 0. The number of hydrogen-bond acceptors (Lipinski definition) is 5. The molecule has 0 spiro atoms. The van der Waals surface area contributed by atoms with Crippen molar-refractivity contribution in [1.82, 2.24) is 9.78 Å². The van der Waals surface area contributed by atoms with Gasteiger partial charge in [-0.3, -0.25) is 9.48 Å². The molecule has 110 valence electrons. The lowest BCUT2D eigenvalue weighted by Gasteiger charge is -2.13. The van der Waals surface area contributed by atoms with Crippen LogP contribution in [0.5, 0.6) is 11.5 Å². The number of aryl methyl sites for hydroxylation is 1. The van der Waals surface area contributed by atoms with E-state index < -0.39 is 5.97 Å². The summed E-state index contributed by atoms with van der Waals surface area (Å²) in [6.07, 6.45) is 0.680. The van der Waals surface area contributed by atoms with Crippen molar-refractivity contribution in [2.24, 2.45) is 7.05 Å². The zero-order valence-corrected chi connectivity index (χ0v) is 11.8. The van der Waals surface area contributed by atoms with Gasteiger partial charge in [0.1, 0.15) is 6.29 Å². The third-order valence-electron chi connectivity index (χ3n) is 3.01. The Morgan fingerprint density at radius 2 is 2.00 bits per heavy atom. The van der Waals surface area contributed by atoms with Crippen molar-refractivity contribution in [3.8, 4) is 22.8 Å². The van der Waals surface area contributed by atoms with Gasteiger partial charge in [0.2, 0.25) is 0 Å². The SMILES string of the molecule is COc1cc(C=O)cc(-c2cc(C(=O)O)nn2C)c1OC. The van der Waals surface area contributed by atoms with E-state index in [0.717, 1.165) is 0 Å². The van der Waals surface area contributed by atoms with Crippen LogP contribution < -0.4 is 9.47 Å². The molecule has 0 atom stereocenters. The highest BCUT2D eigenvalue weighted by atomic mass is 16.5. The molecule has 21 heavy (non-hydrogen) atoms. The number of aldehydes is 1. The molecule has 0 saturated heterocycles. The summed E-state index contributed by atoms with van der Waals surface area (Å²) in [5.74, 6) is -0.340. The Bertz CT molecular complexity index is 706. The highest BCUT2D eigenvalue weighted by molar-refractivity contribution is 5.89. The van der Waals surface area contributed by atoms with Crippen molar-refractivity contribution in [3.05, 3.63) is 29.5 Å². The van der Waals surface area contributed by atoms with E-state index in [1.807, 2.05) is 0 Å². The molecule has 1 N–H and O–H groups in total. The van der Waals surface area contributed by atoms with Gasteiger partial charge in [-0.05, 0) is 18.2 Å². The molecule has 1 aromatic heterocycles. The first-order valence-electron chi connectivity index (χ1n) is 6.00. The minimum absolute atomic E-state index is 0.0926. The van der Waals surface area contributed by atoms with E-state index in [2.05, 4.69) is 5.10 Å². The fraction of sp³-hybridized carbons (Fsp3) is 0.214. The maximum atomic E-state index is 11.0. The second-order valence-corrected chi connectivity index (χ2v) is 4.27. The fourth-order valence-corrected chi connectivity index (χ4v) is 2.07. The van der Waals surface area contributed by atoms with Crippen LogP contribution in [0.25, 0.3) is 11.3 Å². The topological polar surface area (TPSA) is 90.7 Å². The van der Waals surface area contributed by atoms with Gasteiger partial charge >= 0.3 is 5.97 Å². The zero-order chi connectivity index (χ0) is 15.6. The van der Waals surface area contributed by atoms with Gasteiger partial charge < -0.3 is 14.6 Å². The average molecular weight is 290 g/mol. The van der Waals surface area contributed by atoms with Gasteiger partial charge in [0.05, 0.1) is 19.9 Å². The molecule has 0 unspecified atom stereocenters. The molecule has 0 saturated carbocycles. The third-order valence-corrected chi connectivity index (χ3v) is 3.01. The molecule has 0 aliphatic heterocycles. The van der Waals surface area contributed by atoms with Crippen molar-refractivity contribution >= 4 is 12.3 Å². The first-order valence-corrected chi connectivity index (χ1v) is 6.00. The summed E-state index contributed by atoms with van der Waals surface area (Å²) in [6.45, 7) is 0. The number of methoxy groups -OCH3 is 2. The Morgan fingerprint density at radius 3 is 2.48 bits per heavy atom. The maximum absolute atomic E-state index is 11.0. The number of carboxylic acids is 1. The van der Waals surface area contributed by atoms with Gasteiger partial charge in [-0.15, -0.1) is 0 Å².